The minimum Gasteiger partial charge on any atom is -0.475 e. The predicted octanol–water partition coefficient (Wildman–Crippen LogP) is 3.91. The van der Waals surface area contributed by atoms with Gasteiger partial charge in [-0.05, 0) is 44.3 Å². The molecule has 0 spiro atoms. The molecule has 0 radical (unpaired) electrons. The summed E-state index contributed by atoms with van der Waals surface area (Å²) in [6.07, 6.45) is -0.503. The van der Waals surface area contributed by atoms with Crippen molar-refractivity contribution in [3.05, 3.63) is 35.9 Å². The van der Waals surface area contributed by atoms with E-state index in [1.165, 1.54) is 12.8 Å². The average molecular weight is 449 g/mol. The van der Waals surface area contributed by atoms with E-state index in [0.717, 1.165) is 49.8 Å². The van der Waals surface area contributed by atoms with Crippen molar-refractivity contribution in [2.24, 2.45) is 0 Å². The first-order chi connectivity index (χ1) is 14.3. The van der Waals surface area contributed by atoms with E-state index in [2.05, 4.69) is 17.1 Å². The molecule has 0 bridgehead atoms. The Hall–Kier alpha value is -1.94. The average Bonchev–Trinajstić information content (AvgIpc) is 2.74. The molecule has 2 aliphatic heterocycles. The summed E-state index contributed by atoms with van der Waals surface area (Å²) >= 11 is 2.15. The molecule has 0 aromatic heterocycles. The highest BCUT2D eigenvalue weighted by atomic mass is 32.2. The van der Waals surface area contributed by atoms with Crippen molar-refractivity contribution in [3.63, 3.8) is 0 Å². The third kappa shape index (κ3) is 8.83. The van der Waals surface area contributed by atoms with Crippen LogP contribution in [0.25, 0.3) is 0 Å². The number of piperidine rings is 2. The highest BCUT2D eigenvalue weighted by Crippen LogP contribution is 2.31. The van der Waals surface area contributed by atoms with E-state index < -0.39 is 12.1 Å². The van der Waals surface area contributed by atoms with E-state index in [-0.39, 0.29) is 6.09 Å². The van der Waals surface area contributed by atoms with Gasteiger partial charge in [-0.25, -0.2) is 9.59 Å². The van der Waals surface area contributed by atoms with Gasteiger partial charge >= 0.3 is 18.2 Å². The van der Waals surface area contributed by atoms with Crippen LogP contribution in [0.2, 0.25) is 0 Å². The molecule has 30 heavy (non-hydrogen) atoms. The number of nitrogens with one attached hydrogen (secondary N) is 1. The second-order valence-corrected chi connectivity index (χ2v) is 8.72. The fourth-order valence-corrected chi connectivity index (χ4v) is 4.72. The SMILES string of the molecule is O=C(O)C(F)(F)F.O=C(OCc1ccccc1)N1CCC(SC2CCNCC2)CC1. The molecule has 2 fully saturated rings. The summed E-state index contributed by atoms with van der Waals surface area (Å²) in [6.45, 7) is 4.33. The minimum absolute atomic E-state index is 0.167. The highest BCUT2D eigenvalue weighted by molar-refractivity contribution is 8.00. The second-order valence-electron chi connectivity index (χ2n) is 7.11. The molecule has 0 atom stereocenters. The number of aliphatic carboxylic acids is 1. The fraction of sp³-hybridized carbons (Fsp3) is 0.600. The standard InChI is InChI=1S/C18H26N2O2S.C2HF3O2/c21-18(22-14-15-4-2-1-3-5-15)20-12-8-17(9-13-20)23-16-6-10-19-11-7-16;3-2(4,5)1(6)7/h1-5,16-17,19H,6-14H2;(H,6,7). The zero-order valence-electron chi connectivity index (χ0n) is 16.6. The second kappa shape index (κ2) is 12.0. The molecule has 2 aliphatic rings. The van der Waals surface area contributed by atoms with Crippen molar-refractivity contribution >= 4 is 23.8 Å². The summed E-state index contributed by atoms with van der Waals surface area (Å²) in [4.78, 5) is 22.9. The molecule has 0 unspecified atom stereocenters. The van der Waals surface area contributed by atoms with Crippen LogP contribution < -0.4 is 5.32 Å². The first-order valence-electron chi connectivity index (χ1n) is 9.87. The lowest BCUT2D eigenvalue weighted by Gasteiger charge is -2.33. The third-order valence-electron chi connectivity index (χ3n) is 4.82. The molecule has 6 nitrogen and oxygen atoms in total. The van der Waals surface area contributed by atoms with Gasteiger partial charge in [0.2, 0.25) is 0 Å². The number of carbonyl (C=O) groups is 2. The zero-order chi connectivity index (χ0) is 22.0. The summed E-state index contributed by atoms with van der Waals surface area (Å²) in [5.74, 6) is -2.76. The van der Waals surface area contributed by atoms with Crippen molar-refractivity contribution in [2.45, 2.75) is 49.0 Å². The molecule has 1 aromatic rings. The Balaban J connectivity index is 0.000000396. The van der Waals surface area contributed by atoms with Crippen LogP contribution in [0.4, 0.5) is 18.0 Å². The van der Waals surface area contributed by atoms with Crippen LogP contribution in [0.15, 0.2) is 30.3 Å². The number of rotatable bonds is 4. The summed E-state index contributed by atoms with van der Waals surface area (Å²) in [6, 6.07) is 9.86. The van der Waals surface area contributed by atoms with Gasteiger partial charge in [-0.1, -0.05) is 30.3 Å². The van der Waals surface area contributed by atoms with Gasteiger partial charge in [0.05, 0.1) is 0 Å². The number of hydrogen-bond donors (Lipinski definition) is 2. The van der Waals surface area contributed by atoms with E-state index in [0.29, 0.717) is 11.9 Å². The van der Waals surface area contributed by atoms with Crippen LogP contribution in [-0.4, -0.2) is 64.9 Å². The summed E-state index contributed by atoms with van der Waals surface area (Å²) in [7, 11) is 0. The smallest absolute Gasteiger partial charge is 0.475 e. The molecule has 0 saturated carbocycles. The van der Waals surface area contributed by atoms with E-state index in [1.54, 1.807) is 0 Å². The van der Waals surface area contributed by atoms with Crippen LogP contribution in [0.3, 0.4) is 0 Å². The molecular formula is C20H27F3N2O4S. The van der Waals surface area contributed by atoms with Gasteiger partial charge in [0.25, 0.3) is 0 Å². The molecule has 2 saturated heterocycles. The predicted molar refractivity (Wildman–Crippen MR) is 108 cm³/mol. The number of nitrogens with zero attached hydrogens (tertiary/aromatic N) is 1. The Morgan fingerprint density at radius 1 is 1.07 bits per heavy atom. The first-order valence-corrected chi connectivity index (χ1v) is 10.8. The zero-order valence-corrected chi connectivity index (χ0v) is 17.4. The van der Waals surface area contributed by atoms with Gasteiger partial charge in [0.1, 0.15) is 6.61 Å². The molecule has 3 rings (SSSR count). The Morgan fingerprint density at radius 2 is 1.60 bits per heavy atom. The number of likely N-dealkylation sites (tertiary alicyclic amines) is 1. The topological polar surface area (TPSA) is 78.9 Å². The third-order valence-corrected chi connectivity index (χ3v) is 6.53. The number of halogens is 3. The molecule has 2 N–H and O–H groups in total. The number of carboxylic acids is 1. The van der Waals surface area contributed by atoms with Crippen molar-refractivity contribution in [1.29, 1.82) is 0 Å². The number of amides is 1. The lowest BCUT2D eigenvalue weighted by Crippen LogP contribution is -2.40. The van der Waals surface area contributed by atoms with E-state index in [1.807, 2.05) is 35.2 Å². The molecule has 0 aliphatic carbocycles. The van der Waals surface area contributed by atoms with Crippen molar-refractivity contribution in [1.82, 2.24) is 10.2 Å². The quantitative estimate of drug-likeness (QED) is 0.727. The minimum atomic E-state index is -5.08. The first kappa shape index (κ1) is 24.3. The molecule has 1 amide bonds. The van der Waals surface area contributed by atoms with Crippen LogP contribution in [0.5, 0.6) is 0 Å². The molecule has 2 heterocycles. The monoisotopic (exact) mass is 448 g/mol. The maximum absolute atomic E-state index is 12.2. The van der Waals surface area contributed by atoms with Gasteiger partial charge in [-0.15, -0.1) is 0 Å². The van der Waals surface area contributed by atoms with Gasteiger partial charge in [0.15, 0.2) is 0 Å². The summed E-state index contributed by atoms with van der Waals surface area (Å²) in [5, 5.41) is 12.1. The number of carboxylic acid groups (broad SMARTS) is 1. The van der Waals surface area contributed by atoms with Crippen molar-refractivity contribution in [2.75, 3.05) is 26.2 Å². The summed E-state index contributed by atoms with van der Waals surface area (Å²) < 4.78 is 37.2. The normalized spacial score (nSPS) is 18.3. The van der Waals surface area contributed by atoms with Gasteiger partial charge < -0.3 is 20.1 Å². The fourth-order valence-electron chi connectivity index (χ4n) is 3.19. The lowest BCUT2D eigenvalue weighted by atomic mass is 10.1. The number of alkyl halides is 3. The molecule has 10 heteroatoms. The number of ether oxygens (including phenoxy) is 1. The van der Waals surface area contributed by atoms with E-state index >= 15 is 0 Å². The molecule has 168 valence electrons. The Kier molecular flexibility index (Phi) is 9.77. The van der Waals surface area contributed by atoms with Crippen molar-refractivity contribution in [3.8, 4) is 0 Å². The number of carbonyl (C=O) groups excluding carboxylic acids is 1. The molecule has 1 aromatic carbocycles. The van der Waals surface area contributed by atoms with Crippen LogP contribution >= 0.6 is 11.8 Å². The van der Waals surface area contributed by atoms with Gasteiger partial charge in [-0.3, -0.25) is 0 Å². The largest absolute Gasteiger partial charge is 0.490 e. The van der Waals surface area contributed by atoms with E-state index in [9.17, 15) is 18.0 Å². The van der Waals surface area contributed by atoms with Gasteiger partial charge in [0, 0.05) is 23.6 Å². The van der Waals surface area contributed by atoms with Crippen LogP contribution in [0.1, 0.15) is 31.2 Å². The number of hydrogen-bond acceptors (Lipinski definition) is 5. The van der Waals surface area contributed by atoms with Crippen molar-refractivity contribution < 1.29 is 32.6 Å². The lowest BCUT2D eigenvalue weighted by molar-refractivity contribution is -0.192. The highest BCUT2D eigenvalue weighted by Gasteiger charge is 2.38. The summed E-state index contributed by atoms with van der Waals surface area (Å²) in [5.41, 5.74) is 1.04. The Bertz CT molecular complexity index is 662. The number of benzene rings is 1. The Morgan fingerprint density at radius 3 is 2.13 bits per heavy atom. The number of thioether (sulfide) groups is 1. The van der Waals surface area contributed by atoms with E-state index in [4.69, 9.17) is 14.6 Å². The van der Waals surface area contributed by atoms with Crippen LogP contribution in [-0.2, 0) is 16.1 Å². The van der Waals surface area contributed by atoms with Gasteiger partial charge in [-0.2, -0.15) is 24.9 Å². The Labute approximate surface area is 178 Å². The maximum Gasteiger partial charge on any atom is 0.490 e. The molecular weight excluding hydrogens is 421 g/mol. The van der Waals surface area contributed by atoms with Crippen LogP contribution in [0, 0.1) is 0 Å². The maximum atomic E-state index is 12.2.